The second-order valence-corrected chi connectivity index (χ2v) is 5.29. The Balaban J connectivity index is 2.05. The van der Waals surface area contributed by atoms with E-state index in [-0.39, 0.29) is 5.88 Å². The average molecular weight is 293 g/mol. The van der Waals surface area contributed by atoms with Gasteiger partial charge in [0.25, 0.3) is 0 Å². The quantitative estimate of drug-likeness (QED) is 0.686. The molecule has 0 spiro atoms. The maximum Gasteiger partial charge on any atom is 0.250 e. The maximum absolute atomic E-state index is 11.2. The van der Waals surface area contributed by atoms with Crippen molar-refractivity contribution in [1.82, 2.24) is 9.38 Å². The van der Waals surface area contributed by atoms with E-state index >= 15 is 0 Å². The zero-order valence-corrected chi connectivity index (χ0v) is 11.5. The van der Waals surface area contributed by atoms with Crippen molar-refractivity contribution in [3.05, 3.63) is 46.1 Å². The van der Waals surface area contributed by atoms with Gasteiger partial charge in [-0.05, 0) is 24.6 Å². The van der Waals surface area contributed by atoms with Gasteiger partial charge in [-0.15, -0.1) is 11.3 Å². The van der Waals surface area contributed by atoms with Crippen LogP contribution in [-0.2, 0) is 0 Å². The number of ether oxygens (including phenoxy) is 1. The molecule has 4 nitrogen and oxygen atoms in total. The van der Waals surface area contributed by atoms with Gasteiger partial charge >= 0.3 is 0 Å². The third-order valence-corrected chi connectivity index (χ3v) is 3.72. The van der Waals surface area contributed by atoms with Gasteiger partial charge in [0.15, 0.2) is 16.9 Å². The molecule has 19 heavy (non-hydrogen) atoms. The largest absolute Gasteiger partial charge is 0.435 e. The third-order valence-electron chi connectivity index (χ3n) is 2.67. The summed E-state index contributed by atoms with van der Waals surface area (Å²) in [7, 11) is 0. The minimum Gasteiger partial charge on any atom is -0.435 e. The molecule has 0 amide bonds. The van der Waals surface area contributed by atoms with Gasteiger partial charge in [0.05, 0.1) is 5.02 Å². The predicted octanol–water partition coefficient (Wildman–Crippen LogP) is 3.96. The standard InChI is InChI=1S/C13H9ClN2O2S/c1-8-2-3-11(9(14)6-8)18-12-10(7-17)16-4-5-19-13(16)15-12/h2-7H,1H3. The first-order chi connectivity index (χ1) is 9.19. The Morgan fingerprint density at radius 2 is 2.32 bits per heavy atom. The summed E-state index contributed by atoms with van der Waals surface area (Å²) < 4.78 is 7.33. The second-order valence-electron chi connectivity index (χ2n) is 4.01. The molecule has 1 aromatic carbocycles. The van der Waals surface area contributed by atoms with Crippen molar-refractivity contribution in [1.29, 1.82) is 0 Å². The number of nitrogens with zero attached hydrogens (tertiary/aromatic N) is 2. The van der Waals surface area contributed by atoms with Crippen LogP contribution in [0.4, 0.5) is 0 Å². The Morgan fingerprint density at radius 1 is 1.47 bits per heavy atom. The van der Waals surface area contributed by atoms with E-state index in [1.807, 2.05) is 18.4 Å². The van der Waals surface area contributed by atoms with Gasteiger partial charge in [-0.3, -0.25) is 9.20 Å². The van der Waals surface area contributed by atoms with Crippen molar-refractivity contribution in [2.75, 3.05) is 0 Å². The number of thiazole rings is 1. The van der Waals surface area contributed by atoms with Crippen LogP contribution in [0.2, 0.25) is 5.02 Å². The number of hydrogen-bond acceptors (Lipinski definition) is 4. The zero-order valence-electron chi connectivity index (χ0n) is 9.96. The predicted molar refractivity (Wildman–Crippen MR) is 74.7 cm³/mol. The molecule has 0 unspecified atom stereocenters. The first kappa shape index (κ1) is 12.2. The highest BCUT2D eigenvalue weighted by molar-refractivity contribution is 7.15. The van der Waals surface area contributed by atoms with Gasteiger partial charge in [0, 0.05) is 11.6 Å². The second kappa shape index (κ2) is 4.68. The highest BCUT2D eigenvalue weighted by atomic mass is 35.5. The molecule has 3 rings (SSSR count). The van der Waals surface area contributed by atoms with E-state index in [0.717, 1.165) is 11.8 Å². The molecule has 0 aliphatic carbocycles. The van der Waals surface area contributed by atoms with Gasteiger partial charge in [-0.1, -0.05) is 17.7 Å². The van der Waals surface area contributed by atoms with Crippen molar-refractivity contribution in [2.24, 2.45) is 0 Å². The summed E-state index contributed by atoms with van der Waals surface area (Å²) in [4.78, 5) is 16.1. The first-order valence-corrected chi connectivity index (χ1v) is 6.79. The number of halogens is 1. The smallest absolute Gasteiger partial charge is 0.250 e. The Kier molecular flexibility index (Phi) is 3.00. The van der Waals surface area contributed by atoms with Gasteiger partial charge in [-0.2, -0.15) is 4.98 Å². The fourth-order valence-electron chi connectivity index (χ4n) is 1.76. The molecule has 0 saturated carbocycles. The molecule has 6 heteroatoms. The maximum atomic E-state index is 11.2. The van der Waals surface area contributed by atoms with Crippen LogP contribution in [-0.4, -0.2) is 15.7 Å². The fraction of sp³-hybridized carbons (Fsp3) is 0.0769. The van der Waals surface area contributed by atoms with Crippen LogP contribution < -0.4 is 4.74 Å². The molecule has 0 bridgehead atoms. The lowest BCUT2D eigenvalue weighted by Crippen LogP contribution is -1.92. The Hall–Kier alpha value is -1.85. The molecule has 0 N–H and O–H groups in total. The van der Waals surface area contributed by atoms with E-state index in [0.29, 0.717) is 21.4 Å². The number of aldehydes is 1. The number of hydrogen-bond donors (Lipinski definition) is 0. The normalized spacial score (nSPS) is 10.8. The number of carbonyl (C=O) groups is 1. The van der Waals surface area contributed by atoms with Crippen LogP contribution in [0.5, 0.6) is 11.6 Å². The number of imidazole rings is 1. The lowest BCUT2D eigenvalue weighted by atomic mass is 10.2. The minimum atomic E-state index is 0.271. The SMILES string of the molecule is Cc1ccc(Oc2nc3sccn3c2C=O)c(Cl)c1. The molecule has 0 atom stereocenters. The van der Waals surface area contributed by atoms with Crippen LogP contribution in [0.15, 0.2) is 29.8 Å². The van der Waals surface area contributed by atoms with Crippen LogP contribution >= 0.6 is 22.9 Å². The number of carbonyl (C=O) groups excluding carboxylic acids is 1. The average Bonchev–Trinajstić information content (AvgIpc) is 2.92. The molecule has 0 radical (unpaired) electrons. The minimum absolute atomic E-state index is 0.271. The van der Waals surface area contributed by atoms with E-state index in [1.165, 1.54) is 11.3 Å². The van der Waals surface area contributed by atoms with Crippen molar-refractivity contribution < 1.29 is 9.53 Å². The van der Waals surface area contributed by atoms with Crippen LogP contribution in [0, 0.1) is 6.92 Å². The van der Waals surface area contributed by atoms with Crippen molar-refractivity contribution >= 4 is 34.2 Å². The third kappa shape index (κ3) is 2.11. The van der Waals surface area contributed by atoms with Crippen LogP contribution in [0.3, 0.4) is 0 Å². The lowest BCUT2D eigenvalue weighted by molar-refractivity contribution is 0.111. The van der Waals surface area contributed by atoms with Crippen LogP contribution in [0.25, 0.3) is 4.96 Å². The molecule has 0 saturated heterocycles. The summed E-state index contributed by atoms with van der Waals surface area (Å²) in [5.41, 5.74) is 1.42. The number of rotatable bonds is 3. The molecule has 0 aliphatic rings. The molecule has 2 aromatic heterocycles. The van der Waals surface area contributed by atoms with E-state index in [4.69, 9.17) is 16.3 Å². The van der Waals surface area contributed by atoms with Crippen molar-refractivity contribution in [3.8, 4) is 11.6 Å². The van der Waals surface area contributed by atoms with E-state index < -0.39 is 0 Å². The van der Waals surface area contributed by atoms with Crippen molar-refractivity contribution in [2.45, 2.75) is 6.92 Å². The molecular weight excluding hydrogens is 284 g/mol. The lowest BCUT2D eigenvalue weighted by Gasteiger charge is -2.05. The summed E-state index contributed by atoms with van der Waals surface area (Å²) in [6.45, 7) is 1.94. The summed E-state index contributed by atoms with van der Waals surface area (Å²) in [5, 5.41) is 2.35. The highest BCUT2D eigenvalue weighted by Gasteiger charge is 2.15. The fourth-order valence-corrected chi connectivity index (χ4v) is 2.74. The van der Waals surface area contributed by atoms with Gasteiger partial charge in [0.1, 0.15) is 5.75 Å². The summed E-state index contributed by atoms with van der Waals surface area (Å²) in [6, 6.07) is 5.45. The van der Waals surface area contributed by atoms with Gasteiger partial charge in [0.2, 0.25) is 5.88 Å². The molecule has 0 fully saturated rings. The van der Waals surface area contributed by atoms with E-state index in [1.54, 1.807) is 22.7 Å². The summed E-state index contributed by atoms with van der Waals surface area (Å²) in [6.07, 6.45) is 2.50. The van der Waals surface area contributed by atoms with Gasteiger partial charge < -0.3 is 4.74 Å². The Labute approximate surface area is 118 Å². The zero-order chi connectivity index (χ0) is 13.4. The number of benzene rings is 1. The van der Waals surface area contributed by atoms with Gasteiger partial charge in [-0.25, -0.2) is 0 Å². The molecule has 2 heterocycles. The topological polar surface area (TPSA) is 43.6 Å². The monoisotopic (exact) mass is 292 g/mol. The number of aromatic nitrogens is 2. The molecule has 0 aliphatic heterocycles. The summed E-state index contributed by atoms with van der Waals surface area (Å²) >= 11 is 7.54. The van der Waals surface area contributed by atoms with Crippen molar-refractivity contribution in [3.63, 3.8) is 0 Å². The molecular formula is C13H9ClN2O2S. The number of aryl methyl sites for hydroxylation is 1. The Morgan fingerprint density at radius 3 is 3.05 bits per heavy atom. The van der Waals surface area contributed by atoms with E-state index in [2.05, 4.69) is 4.98 Å². The number of fused-ring (bicyclic) bond motifs is 1. The molecule has 96 valence electrons. The van der Waals surface area contributed by atoms with E-state index in [9.17, 15) is 4.79 Å². The highest BCUT2D eigenvalue weighted by Crippen LogP contribution is 2.32. The summed E-state index contributed by atoms with van der Waals surface area (Å²) in [5.74, 6) is 0.758. The Bertz CT molecular complexity index is 763. The van der Waals surface area contributed by atoms with Crippen LogP contribution in [0.1, 0.15) is 16.1 Å². The first-order valence-electron chi connectivity index (χ1n) is 5.54. The molecule has 3 aromatic rings.